The first-order valence-corrected chi connectivity index (χ1v) is 6.01. The van der Waals surface area contributed by atoms with Gasteiger partial charge in [-0.25, -0.2) is 0 Å². The van der Waals surface area contributed by atoms with Crippen molar-refractivity contribution < 1.29 is 9.90 Å². The van der Waals surface area contributed by atoms with Crippen molar-refractivity contribution in [1.82, 2.24) is 10.3 Å². The summed E-state index contributed by atoms with van der Waals surface area (Å²) in [6.07, 6.45) is 2.80. The molecule has 18 heavy (non-hydrogen) atoms. The molecule has 6 heteroatoms. The second-order valence-electron chi connectivity index (χ2n) is 4.17. The summed E-state index contributed by atoms with van der Waals surface area (Å²) in [4.78, 5) is 25.1. The van der Waals surface area contributed by atoms with Crippen LogP contribution in [0.4, 0.5) is 0 Å². The van der Waals surface area contributed by atoms with Crippen LogP contribution in [0.25, 0.3) is 0 Å². The lowest BCUT2D eigenvalue weighted by Gasteiger charge is -2.16. The van der Waals surface area contributed by atoms with Crippen LogP contribution in [0.15, 0.2) is 16.9 Å². The van der Waals surface area contributed by atoms with E-state index in [9.17, 15) is 14.7 Å². The monoisotopic (exact) mass is 253 g/mol. The van der Waals surface area contributed by atoms with Gasteiger partial charge in [-0.3, -0.25) is 14.6 Å². The molecule has 0 fully saturated rings. The van der Waals surface area contributed by atoms with Gasteiger partial charge in [-0.1, -0.05) is 19.8 Å². The molecule has 6 nitrogen and oxygen atoms in total. The first-order valence-electron chi connectivity index (χ1n) is 6.01. The molecule has 1 amide bonds. The average molecular weight is 253 g/mol. The Hall–Kier alpha value is -1.82. The lowest BCUT2D eigenvalue weighted by Crippen LogP contribution is -2.40. The number of aromatic amines is 1. The van der Waals surface area contributed by atoms with Gasteiger partial charge in [-0.15, -0.1) is 0 Å². The average Bonchev–Trinajstić information content (AvgIpc) is 2.32. The van der Waals surface area contributed by atoms with Gasteiger partial charge >= 0.3 is 0 Å². The van der Waals surface area contributed by atoms with E-state index in [1.54, 1.807) is 0 Å². The Labute approximate surface area is 105 Å². The van der Waals surface area contributed by atoms with E-state index >= 15 is 0 Å². The summed E-state index contributed by atoms with van der Waals surface area (Å²) in [6, 6.07) is 2.24. The van der Waals surface area contributed by atoms with Crippen LogP contribution >= 0.6 is 0 Å². The fourth-order valence-electron chi connectivity index (χ4n) is 1.63. The molecule has 0 saturated heterocycles. The number of carbonyl (C=O) groups excluding carboxylic acids is 1. The predicted molar refractivity (Wildman–Crippen MR) is 68.6 cm³/mol. The number of aromatic nitrogens is 1. The maximum absolute atomic E-state index is 11.9. The number of H-pyrrole nitrogens is 1. The molecule has 1 rings (SSSR count). The molecular formula is C12H19N3O3. The molecule has 0 aromatic carbocycles. The maximum Gasteiger partial charge on any atom is 0.251 e. The quantitative estimate of drug-likeness (QED) is 0.585. The number of rotatable bonds is 6. The van der Waals surface area contributed by atoms with Gasteiger partial charge in [0, 0.05) is 24.7 Å². The zero-order chi connectivity index (χ0) is 13.5. The largest absolute Gasteiger partial charge is 0.494 e. The fourth-order valence-corrected chi connectivity index (χ4v) is 1.63. The number of nitrogens with one attached hydrogen (secondary N) is 2. The molecule has 0 spiro atoms. The minimum atomic E-state index is -0.516. The molecule has 5 N–H and O–H groups in total. The number of amides is 1. The summed E-state index contributed by atoms with van der Waals surface area (Å²) in [5.74, 6) is -0.728. The minimum absolute atomic E-state index is 0.112. The molecule has 0 aliphatic carbocycles. The van der Waals surface area contributed by atoms with E-state index in [1.165, 1.54) is 6.07 Å². The number of hydrogen-bond donors (Lipinski definition) is 4. The highest BCUT2D eigenvalue weighted by Gasteiger charge is 2.13. The first-order chi connectivity index (χ1) is 8.56. The smallest absolute Gasteiger partial charge is 0.251 e. The van der Waals surface area contributed by atoms with Crippen molar-refractivity contribution in [3.8, 4) is 5.88 Å². The van der Waals surface area contributed by atoms with Crippen molar-refractivity contribution >= 4 is 5.91 Å². The molecule has 1 aromatic rings. The van der Waals surface area contributed by atoms with Gasteiger partial charge in [0.2, 0.25) is 0 Å². The van der Waals surface area contributed by atoms with Crippen LogP contribution < -0.4 is 16.6 Å². The highest BCUT2D eigenvalue weighted by atomic mass is 16.3. The Morgan fingerprint density at radius 2 is 2.28 bits per heavy atom. The maximum atomic E-state index is 11.9. The third-order valence-electron chi connectivity index (χ3n) is 2.62. The highest BCUT2D eigenvalue weighted by molar-refractivity contribution is 5.94. The van der Waals surface area contributed by atoms with Crippen LogP contribution in [-0.2, 0) is 0 Å². The van der Waals surface area contributed by atoms with E-state index in [1.807, 2.05) is 0 Å². The van der Waals surface area contributed by atoms with Crippen LogP contribution in [0.2, 0.25) is 0 Å². The highest BCUT2D eigenvalue weighted by Crippen LogP contribution is 2.06. The van der Waals surface area contributed by atoms with Crippen LogP contribution in [0.3, 0.4) is 0 Å². The number of hydrogen-bond acceptors (Lipinski definition) is 4. The summed E-state index contributed by atoms with van der Waals surface area (Å²) >= 11 is 0. The summed E-state index contributed by atoms with van der Waals surface area (Å²) in [7, 11) is 0. The summed E-state index contributed by atoms with van der Waals surface area (Å²) in [5, 5.41) is 12.0. The number of aromatic hydroxyl groups is 1. The molecule has 1 heterocycles. The summed E-state index contributed by atoms with van der Waals surface area (Å²) in [6.45, 7) is 2.41. The van der Waals surface area contributed by atoms with E-state index in [-0.39, 0.29) is 17.5 Å². The molecule has 0 bridgehead atoms. The topological polar surface area (TPSA) is 108 Å². The van der Waals surface area contributed by atoms with E-state index < -0.39 is 11.5 Å². The normalized spacial score (nSPS) is 12.1. The predicted octanol–water partition coefficient (Wildman–Crippen LogP) is 0.328. The van der Waals surface area contributed by atoms with Crippen molar-refractivity contribution in [2.24, 2.45) is 5.73 Å². The third-order valence-corrected chi connectivity index (χ3v) is 2.62. The van der Waals surface area contributed by atoms with Crippen molar-refractivity contribution in [2.75, 3.05) is 6.54 Å². The second kappa shape index (κ2) is 6.80. The number of carbonyl (C=O) groups is 1. The Balaban J connectivity index is 2.71. The Morgan fingerprint density at radius 3 is 2.83 bits per heavy atom. The summed E-state index contributed by atoms with van der Waals surface area (Å²) < 4.78 is 0. The molecule has 0 radical (unpaired) electrons. The number of nitrogens with two attached hydrogens (primary N) is 1. The van der Waals surface area contributed by atoms with Crippen LogP contribution in [0.1, 0.15) is 36.5 Å². The minimum Gasteiger partial charge on any atom is -0.494 e. The van der Waals surface area contributed by atoms with Crippen molar-refractivity contribution in [3.63, 3.8) is 0 Å². The molecule has 0 aliphatic rings. The van der Waals surface area contributed by atoms with Crippen LogP contribution in [0.5, 0.6) is 5.88 Å². The van der Waals surface area contributed by atoms with Gasteiger partial charge in [0.25, 0.3) is 11.5 Å². The standard InChI is InChI=1S/C12H19N3O3/c1-2-3-4-9(7-13)14-12(18)8-5-10(16)15-11(17)6-8/h5-6,9H,2-4,7,13H2,1H3,(H,14,18)(H2,15,16,17). The van der Waals surface area contributed by atoms with Crippen molar-refractivity contribution in [1.29, 1.82) is 0 Å². The second-order valence-corrected chi connectivity index (χ2v) is 4.17. The molecule has 0 saturated carbocycles. The zero-order valence-electron chi connectivity index (χ0n) is 10.4. The van der Waals surface area contributed by atoms with Gasteiger partial charge in [-0.2, -0.15) is 0 Å². The molecule has 1 unspecified atom stereocenters. The van der Waals surface area contributed by atoms with E-state index in [4.69, 9.17) is 5.73 Å². The van der Waals surface area contributed by atoms with Crippen LogP contribution in [-0.4, -0.2) is 28.6 Å². The van der Waals surface area contributed by atoms with Crippen molar-refractivity contribution in [2.45, 2.75) is 32.2 Å². The van der Waals surface area contributed by atoms with Gasteiger partial charge < -0.3 is 16.2 Å². The molecule has 100 valence electrons. The Kier molecular flexibility index (Phi) is 5.38. The molecule has 0 aliphatic heterocycles. The zero-order valence-corrected chi connectivity index (χ0v) is 10.4. The number of pyridine rings is 1. The van der Waals surface area contributed by atoms with Crippen molar-refractivity contribution in [3.05, 3.63) is 28.0 Å². The summed E-state index contributed by atoms with van der Waals surface area (Å²) in [5.41, 5.74) is 5.18. The molecular weight excluding hydrogens is 234 g/mol. The number of unbranched alkanes of at least 4 members (excludes halogenated alkanes) is 1. The van der Waals surface area contributed by atoms with E-state index in [2.05, 4.69) is 17.2 Å². The van der Waals surface area contributed by atoms with Gasteiger partial charge in [0.15, 0.2) is 5.88 Å². The van der Waals surface area contributed by atoms with Crippen LogP contribution in [0, 0.1) is 0 Å². The van der Waals surface area contributed by atoms with Gasteiger partial charge in [-0.05, 0) is 6.42 Å². The lowest BCUT2D eigenvalue weighted by atomic mass is 10.1. The van der Waals surface area contributed by atoms with E-state index in [0.717, 1.165) is 25.3 Å². The SMILES string of the molecule is CCCCC(CN)NC(=O)c1cc(O)[nH]c(=O)c1. The first kappa shape index (κ1) is 14.2. The molecule has 1 aromatic heterocycles. The van der Waals surface area contributed by atoms with Gasteiger partial charge in [0.1, 0.15) is 0 Å². The van der Waals surface area contributed by atoms with Gasteiger partial charge in [0.05, 0.1) is 5.56 Å². The molecule has 1 atom stereocenters. The Morgan fingerprint density at radius 1 is 1.56 bits per heavy atom. The lowest BCUT2D eigenvalue weighted by molar-refractivity contribution is 0.0935. The fraction of sp³-hybridized carbons (Fsp3) is 0.500. The Bertz CT molecular complexity index is 456. The third kappa shape index (κ3) is 4.21. The van der Waals surface area contributed by atoms with E-state index in [0.29, 0.717) is 6.54 Å².